The van der Waals surface area contributed by atoms with E-state index in [4.69, 9.17) is 0 Å². The van der Waals surface area contributed by atoms with Gasteiger partial charge in [-0.2, -0.15) is 4.68 Å². The monoisotopic (exact) mass is 424 g/mol. The van der Waals surface area contributed by atoms with E-state index in [2.05, 4.69) is 43.3 Å². The summed E-state index contributed by atoms with van der Waals surface area (Å²) in [6, 6.07) is 11.6. The Labute approximate surface area is 181 Å². The van der Waals surface area contributed by atoms with Crippen molar-refractivity contribution in [3.8, 4) is 5.69 Å². The largest absolute Gasteiger partial charge is 0.388 e. The van der Waals surface area contributed by atoms with Gasteiger partial charge in [0.1, 0.15) is 12.3 Å². The number of rotatable bonds is 5. The highest BCUT2D eigenvalue weighted by molar-refractivity contribution is 5.61. The van der Waals surface area contributed by atoms with Crippen molar-refractivity contribution in [3.63, 3.8) is 0 Å². The quantitative estimate of drug-likeness (QED) is 0.641. The van der Waals surface area contributed by atoms with E-state index >= 15 is 4.39 Å². The van der Waals surface area contributed by atoms with E-state index in [1.54, 1.807) is 13.0 Å². The number of hydrogen-bond donors (Lipinski definition) is 2. The molecule has 0 amide bonds. The van der Waals surface area contributed by atoms with E-state index in [1.165, 1.54) is 21.8 Å². The molecule has 0 bridgehead atoms. The predicted molar refractivity (Wildman–Crippen MR) is 119 cm³/mol. The average molecular weight is 425 g/mol. The lowest BCUT2D eigenvalue weighted by molar-refractivity contribution is 0.264. The molecule has 1 aliphatic heterocycles. The normalized spacial score (nSPS) is 18.2. The van der Waals surface area contributed by atoms with E-state index in [0.717, 1.165) is 22.4 Å². The number of nitrogens with zero attached hydrogens (tertiary/aromatic N) is 3. The summed E-state index contributed by atoms with van der Waals surface area (Å²) in [6.07, 6.45) is 0.876. The zero-order valence-corrected chi connectivity index (χ0v) is 18.4. The number of benzene rings is 2. The molecular weight excluding hydrogens is 395 g/mol. The third-order valence-corrected chi connectivity index (χ3v) is 6.33. The Bertz CT molecular complexity index is 1160. The molecule has 2 atom stereocenters. The molecule has 1 aliphatic rings. The van der Waals surface area contributed by atoms with E-state index in [1.807, 2.05) is 12.1 Å². The van der Waals surface area contributed by atoms with Gasteiger partial charge >= 0.3 is 5.69 Å². The van der Waals surface area contributed by atoms with Crippen LogP contribution in [0.1, 0.15) is 61.7 Å². The number of aryl methyl sites for hydroxylation is 1. The molecule has 6 nitrogen and oxygen atoms in total. The average Bonchev–Trinajstić information content (AvgIpc) is 3.07. The van der Waals surface area contributed by atoms with Crippen LogP contribution in [0.2, 0.25) is 0 Å². The van der Waals surface area contributed by atoms with Gasteiger partial charge in [-0.15, -0.1) is 5.10 Å². The maximum atomic E-state index is 15.2. The summed E-state index contributed by atoms with van der Waals surface area (Å²) in [5.41, 5.74) is 3.83. The van der Waals surface area contributed by atoms with Crippen molar-refractivity contribution < 1.29 is 9.50 Å². The summed E-state index contributed by atoms with van der Waals surface area (Å²) in [7, 11) is 0. The first-order valence-corrected chi connectivity index (χ1v) is 10.8. The van der Waals surface area contributed by atoms with Gasteiger partial charge in [-0.25, -0.2) is 9.18 Å². The van der Waals surface area contributed by atoms with Crippen molar-refractivity contribution in [2.24, 2.45) is 5.92 Å². The molecule has 7 heteroatoms. The summed E-state index contributed by atoms with van der Waals surface area (Å²) in [5.74, 6) is 0.236. The summed E-state index contributed by atoms with van der Waals surface area (Å²) < 4.78 is 17.6. The molecule has 0 radical (unpaired) electrons. The van der Waals surface area contributed by atoms with Crippen LogP contribution < -0.4 is 11.0 Å². The van der Waals surface area contributed by atoms with Crippen LogP contribution in [-0.2, 0) is 13.2 Å². The van der Waals surface area contributed by atoms with E-state index in [9.17, 15) is 9.90 Å². The van der Waals surface area contributed by atoms with Gasteiger partial charge in [0.05, 0.1) is 6.04 Å². The molecule has 4 rings (SSSR count). The Hall–Kier alpha value is -2.93. The minimum absolute atomic E-state index is 0.0920. The number of fused-ring (bicyclic) bond motifs is 1. The fraction of sp³-hybridized carbons (Fsp3) is 0.417. The van der Waals surface area contributed by atoms with Gasteiger partial charge in [0.15, 0.2) is 11.6 Å². The van der Waals surface area contributed by atoms with Gasteiger partial charge in [0, 0.05) is 12.2 Å². The Morgan fingerprint density at radius 1 is 1.26 bits per heavy atom. The number of aliphatic hydroxyl groups excluding tert-OH is 1. The van der Waals surface area contributed by atoms with E-state index < -0.39 is 11.5 Å². The molecule has 1 aromatic heterocycles. The van der Waals surface area contributed by atoms with Crippen LogP contribution in [0.3, 0.4) is 0 Å². The topological polar surface area (TPSA) is 72.1 Å². The molecule has 0 aliphatic carbocycles. The van der Waals surface area contributed by atoms with Gasteiger partial charge in [-0.1, -0.05) is 38.1 Å². The summed E-state index contributed by atoms with van der Waals surface area (Å²) >= 11 is 0. The minimum Gasteiger partial charge on any atom is -0.388 e. The highest BCUT2D eigenvalue weighted by Gasteiger charge is 2.32. The Morgan fingerprint density at radius 2 is 2.00 bits per heavy atom. The SMILES string of the molecule is CCn1c(CO)nn(-c2cc3c(cc2F)N[C@H](c2ccccc2C)C[C@@H]3C(C)C)c1=O. The Morgan fingerprint density at radius 3 is 2.61 bits per heavy atom. The first kappa shape index (κ1) is 21.3. The third-order valence-electron chi connectivity index (χ3n) is 6.33. The number of halogens is 1. The first-order valence-electron chi connectivity index (χ1n) is 10.8. The Kier molecular flexibility index (Phi) is 5.71. The van der Waals surface area contributed by atoms with Crippen molar-refractivity contribution in [3.05, 3.63) is 75.2 Å². The molecule has 2 aromatic carbocycles. The molecular formula is C24H29FN4O2. The van der Waals surface area contributed by atoms with Gasteiger partial charge in [0.2, 0.25) is 0 Å². The second-order valence-electron chi connectivity index (χ2n) is 8.54. The zero-order chi connectivity index (χ0) is 22.3. The fourth-order valence-corrected chi connectivity index (χ4v) is 4.64. The summed E-state index contributed by atoms with van der Waals surface area (Å²) in [4.78, 5) is 12.8. The van der Waals surface area contributed by atoms with Crippen molar-refractivity contribution in [2.75, 3.05) is 5.32 Å². The number of aromatic nitrogens is 3. The number of nitrogens with one attached hydrogen (secondary N) is 1. The molecule has 0 fully saturated rings. The maximum Gasteiger partial charge on any atom is 0.350 e. The molecule has 2 heterocycles. The van der Waals surface area contributed by atoms with Crippen LogP contribution in [0.25, 0.3) is 5.69 Å². The molecule has 0 saturated carbocycles. The maximum absolute atomic E-state index is 15.2. The lowest BCUT2D eigenvalue weighted by atomic mass is 9.77. The lowest BCUT2D eigenvalue weighted by Gasteiger charge is -2.36. The van der Waals surface area contributed by atoms with Crippen LogP contribution in [0.4, 0.5) is 10.1 Å². The van der Waals surface area contributed by atoms with E-state index in [0.29, 0.717) is 12.5 Å². The molecule has 0 saturated heterocycles. The van der Waals surface area contributed by atoms with Crippen LogP contribution in [0.5, 0.6) is 0 Å². The smallest absolute Gasteiger partial charge is 0.350 e. The van der Waals surface area contributed by atoms with Gasteiger partial charge in [-0.05, 0) is 60.9 Å². The first-order chi connectivity index (χ1) is 14.8. The van der Waals surface area contributed by atoms with Crippen molar-refractivity contribution in [1.82, 2.24) is 14.3 Å². The van der Waals surface area contributed by atoms with Gasteiger partial charge < -0.3 is 10.4 Å². The lowest BCUT2D eigenvalue weighted by Crippen LogP contribution is -2.27. The van der Waals surface area contributed by atoms with Gasteiger partial charge in [0.25, 0.3) is 0 Å². The minimum atomic E-state index is -0.522. The van der Waals surface area contributed by atoms with Crippen molar-refractivity contribution >= 4 is 5.69 Å². The molecule has 31 heavy (non-hydrogen) atoms. The van der Waals surface area contributed by atoms with Crippen molar-refractivity contribution in [2.45, 2.75) is 59.2 Å². The van der Waals surface area contributed by atoms with E-state index in [-0.39, 0.29) is 30.1 Å². The second-order valence-corrected chi connectivity index (χ2v) is 8.54. The number of aliphatic hydroxyl groups is 1. The third kappa shape index (κ3) is 3.67. The summed E-state index contributed by atoms with van der Waals surface area (Å²) in [5, 5.41) is 17.2. The fourth-order valence-electron chi connectivity index (χ4n) is 4.64. The number of hydrogen-bond acceptors (Lipinski definition) is 4. The predicted octanol–water partition coefficient (Wildman–Crippen LogP) is 4.29. The highest BCUT2D eigenvalue weighted by Crippen LogP contribution is 2.45. The van der Waals surface area contributed by atoms with Crippen LogP contribution >= 0.6 is 0 Å². The molecule has 0 unspecified atom stereocenters. The molecule has 0 spiro atoms. The van der Waals surface area contributed by atoms with Crippen molar-refractivity contribution in [1.29, 1.82) is 0 Å². The van der Waals surface area contributed by atoms with Crippen LogP contribution in [0, 0.1) is 18.7 Å². The Balaban J connectivity index is 1.83. The zero-order valence-electron chi connectivity index (χ0n) is 18.4. The summed E-state index contributed by atoms with van der Waals surface area (Å²) in [6.45, 7) is 8.20. The van der Waals surface area contributed by atoms with Crippen LogP contribution in [-0.4, -0.2) is 19.5 Å². The highest BCUT2D eigenvalue weighted by atomic mass is 19.1. The van der Waals surface area contributed by atoms with Gasteiger partial charge in [-0.3, -0.25) is 4.57 Å². The number of anilines is 1. The molecule has 164 valence electrons. The molecule has 2 N–H and O–H groups in total. The van der Waals surface area contributed by atoms with Crippen LogP contribution in [0.15, 0.2) is 41.2 Å². The molecule has 3 aromatic rings. The standard InChI is InChI=1S/C24H29FN4O2/c1-5-28-23(13-30)27-29(24(28)31)22-11-18-17(14(2)3)10-20(26-21(18)12-19(22)25)16-9-7-6-8-15(16)4/h6-9,11-12,14,17,20,26,30H,5,10,13H2,1-4H3/t17-,20+/m1/s1. The second kappa shape index (κ2) is 8.30.